The molecule has 23 heavy (non-hydrogen) atoms. The summed E-state index contributed by atoms with van der Waals surface area (Å²) < 4.78 is 8.30. The van der Waals surface area contributed by atoms with Crippen molar-refractivity contribution >= 4 is 30.0 Å². The number of amides is 4. The summed E-state index contributed by atoms with van der Waals surface area (Å²) in [6, 6.07) is -0.965. The molecule has 0 saturated heterocycles. The zero-order valence-electron chi connectivity index (χ0n) is 14.6. The van der Waals surface area contributed by atoms with E-state index in [-0.39, 0.29) is 16.9 Å². The number of aliphatic imine (C=N–C) groups is 1. The van der Waals surface area contributed by atoms with Crippen LogP contribution in [0.2, 0.25) is 0 Å². The van der Waals surface area contributed by atoms with Gasteiger partial charge in [-0.1, -0.05) is 6.42 Å². The number of nitrogens with one attached hydrogen (secondary N) is 2. The van der Waals surface area contributed by atoms with E-state index in [0.717, 1.165) is 25.7 Å². The predicted octanol–water partition coefficient (Wildman–Crippen LogP) is 3.12. The van der Waals surface area contributed by atoms with Crippen LogP contribution in [0.3, 0.4) is 0 Å². The fourth-order valence-corrected chi connectivity index (χ4v) is 2.38. The second-order valence-corrected chi connectivity index (χ2v) is 8.38. The third-order valence-electron chi connectivity index (χ3n) is 3.08. The summed E-state index contributed by atoms with van der Waals surface area (Å²) in [7, 11) is 3.19. The Labute approximate surface area is 142 Å². The van der Waals surface area contributed by atoms with Crippen molar-refractivity contribution in [2.24, 2.45) is 4.99 Å². The molecule has 0 unspecified atom stereocenters. The van der Waals surface area contributed by atoms with E-state index in [4.69, 9.17) is 4.74 Å². The van der Waals surface area contributed by atoms with Crippen molar-refractivity contribution in [3.8, 4) is 0 Å². The number of carbonyl (C=O) groups excluding carboxylic acids is 2. The largest absolute Gasteiger partial charge is 0.461 e. The lowest BCUT2D eigenvalue weighted by Crippen LogP contribution is -2.42. The van der Waals surface area contributed by atoms with Gasteiger partial charge in [0, 0.05) is 18.8 Å². The van der Waals surface area contributed by atoms with E-state index in [2.05, 4.69) is 15.0 Å². The van der Waals surface area contributed by atoms with Gasteiger partial charge in [-0.3, -0.25) is 10.0 Å². The molecule has 0 aromatic rings. The summed E-state index contributed by atoms with van der Waals surface area (Å²) in [4.78, 5) is 28.9. The molecule has 0 radical (unpaired) electrons. The quantitative estimate of drug-likeness (QED) is 0.458. The zero-order valence-corrected chi connectivity index (χ0v) is 15.5. The number of carbonyl (C=O) groups is 2. The zero-order chi connectivity index (χ0) is 17.5. The van der Waals surface area contributed by atoms with Crippen LogP contribution >= 0.6 is 11.9 Å². The summed E-state index contributed by atoms with van der Waals surface area (Å²) in [6.45, 7) is 5.96. The van der Waals surface area contributed by atoms with Crippen LogP contribution in [0.5, 0.6) is 0 Å². The number of rotatable bonds is 2. The van der Waals surface area contributed by atoms with Gasteiger partial charge in [0.2, 0.25) is 0 Å². The highest BCUT2D eigenvalue weighted by molar-refractivity contribution is 7.99. The average molecular weight is 344 g/mol. The smallest absolute Gasteiger partial charge is 0.347 e. The normalized spacial score (nSPS) is 16.7. The maximum Gasteiger partial charge on any atom is 0.347 e. The molecule has 0 aromatic heterocycles. The molecule has 0 spiro atoms. The van der Waals surface area contributed by atoms with Crippen LogP contribution in [-0.4, -0.2) is 47.9 Å². The molecule has 2 N–H and O–H groups in total. The van der Waals surface area contributed by atoms with Crippen molar-refractivity contribution < 1.29 is 14.3 Å². The van der Waals surface area contributed by atoms with Crippen molar-refractivity contribution in [1.82, 2.24) is 14.9 Å². The summed E-state index contributed by atoms with van der Waals surface area (Å²) in [5, 5.41) is 2.53. The first-order valence-corrected chi connectivity index (χ1v) is 8.70. The Balaban J connectivity index is 2.66. The molecule has 0 atom stereocenters. The third-order valence-corrected chi connectivity index (χ3v) is 3.98. The fraction of sp³-hybridized carbons (Fsp3) is 0.800. The van der Waals surface area contributed by atoms with Crippen LogP contribution in [0.25, 0.3) is 0 Å². The van der Waals surface area contributed by atoms with Crippen LogP contribution in [0.1, 0.15) is 52.9 Å². The van der Waals surface area contributed by atoms with Crippen molar-refractivity contribution in [3.05, 3.63) is 0 Å². The summed E-state index contributed by atoms with van der Waals surface area (Å²) in [5.74, 6) is 0. The number of hydrogen-bond acceptors (Lipinski definition) is 4. The lowest BCUT2D eigenvalue weighted by atomic mass is 9.98. The van der Waals surface area contributed by atoms with E-state index in [1.807, 2.05) is 20.8 Å². The Bertz CT molecular complexity index is 440. The Morgan fingerprint density at radius 3 is 2.30 bits per heavy atom. The highest BCUT2D eigenvalue weighted by Gasteiger charge is 2.20. The van der Waals surface area contributed by atoms with Crippen LogP contribution in [0.15, 0.2) is 4.99 Å². The third kappa shape index (κ3) is 8.68. The minimum Gasteiger partial charge on any atom is -0.461 e. The molecule has 0 heterocycles. The first-order valence-electron chi connectivity index (χ1n) is 7.89. The highest BCUT2D eigenvalue weighted by Crippen LogP contribution is 2.21. The van der Waals surface area contributed by atoms with Crippen molar-refractivity contribution in [3.63, 3.8) is 0 Å². The topological polar surface area (TPSA) is 83.0 Å². The lowest BCUT2D eigenvalue weighted by molar-refractivity contribution is 0.135. The van der Waals surface area contributed by atoms with Crippen LogP contribution in [0.4, 0.5) is 9.59 Å². The summed E-state index contributed by atoms with van der Waals surface area (Å²) in [6.07, 6.45) is 5.19. The maximum atomic E-state index is 12.0. The van der Waals surface area contributed by atoms with Crippen LogP contribution in [-0.2, 0) is 4.74 Å². The van der Waals surface area contributed by atoms with Gasteiger partial charge < -0.3 is 9.64 Å². The SMILES string of the molecule is CN(C)C(=O)N=C(NC(=O)NSC(C)(C)C)OC1CCCCC1. The Kier molecular flexibility index (Phi) is 7.67. The molecule has 1 aliphatic rings. The monoisotopic (exact) mass is 344 g/mol. The second-order valence-electron chi connectivity index (χ2n) is 6.74. The maximum absolute atomic E-state index is 12.0. The number of nitrogens with zero attached hydrogens (tertiary/aromatic N) is 2. The van der Waals surface area contributed by atoms with Gasteiger partial charge in [0.05, 0.1) is 0 Å². The van der Waals surface area contributed by atoms with Crippen molar-refractivity contribution in [2.75, 3.05) is 14.1 Å². The standard InChI is InChI=1S/C15H28N4O3S/c1-15(2,3)23-18-12(20)16-13(17-14(21)19(4)5)22-11-9-7-6-8-10-11/h11H,6-10H2,1-5H3,(H2,16,17,18,20,21). The number of amidine groups is 1. The Morgan fingerprint density at radius 1 is 1.17 bits per heavy atom. The second kappa shape index (κ2) is 9.00. The van der Waals surface area contributed by atoms with Crippen LogP contribution < -0.4 is 10.0 Å². The fourth-order valence-electron chi connectivity index (χ4n) is 1.93. The summed E-state index contributed by atoms with van der Waals surface area (Å²) in [5.41, 5.74) is 0. The van der Waals surface area contributed by atoms with Crippen molar-refractivity contribution in [2.45, 2.75) is 63.7 Å². The van der Waals surface area contributed by atoms with E-state index in [1.54, 1.807) is 14.1 Å². The molecule has 0 aliphatic heterocycles. The summed E-state index contributed by atoms with van der Waals surface area (Å²) >= 11 is 1.29. The Hall–Kier alpha value is -1.44. The molecule has 1 saturated carbocycles. The molecule has 1 rings (SSSR count). The van der Waals surface area contributed by atoms with Gasteiger partial charge in [-0.25, -0.2) is 9.59 Å². The molecule has 132 valence electrons. The van der Waals surface area contributed by atoms with E-state index in [9.17, 15) is 9.59 Å². The van der Waals surface area contributed by atoms with E-state index in [0.29, 0.717) is 0 Å². The molecule has 1 fully saturated rings. The molecule has 4 amide bonds. The van der Waals surface area contributed by atoms with Crippen molar-refractivity contribution in [1.29, 1.82) is 0 Å². The van der Waals surface area contributed by atoms with Gasteiger partial charge in [0.1, 0.15) is 6.10 Å². The van der Waals surface area contributed by atoms with Crippen LogP contribution in [0, 0.1) is 0 Å². The number of urea groups is 2. The molecular formula is C15H28N4O3S. The average Bonchev–Trinajstić information content (AvgIpc) is 2.45. The minimum absolute atomic E-state index is 0.00645. The number of ether oxygens (including phenoxy) is 1. The van der Waals surface area contributed by atoms with E-state index in [1.165, 1.54) is 23.3 Å². The first-order chi connectivity index (χ1) is 10.7. The van der Waals surface area contributed by atoms with Gasteiger partial charge in [-0.15, -0.1) is 4.99 Å². The Morgan fingerprint density at radius 2 is 1.78 bits per heavy atom. The van der Waals surface area contributed by atoms with E-state index >= 15 is 0 Å². The minimum atomic E-state index is -0.473. The molecule has 0 aromatic carbocycles. The van der Waals surface area contributed by atoms with Gasteiger partial charge in [0.25, 0.3) is 0 Å². The lowest BCUT2D eigenvalue weighted by Gasteiger charge is -2.24. The number of hydrogen-bond donors (Lipinski definition) is 2. The van der Waals surface area contributed by atoms with Gasteiger partial charge in [-0.05, 0) is 58.4 Å². The van der Waals surface area contributed by atoms with E-state index < -0.39 is 12.1 Å². The molecule has 7 nitrogen and oxygen atoms in total. The van der Waals surface area contributed by atoms with Gasteiger partial charge >= 0.3 is 18.1 Å². The predicted molar refractivity (Wildman–Crippen MR) is 93.5 cm³/mol. The van der Waals surface area contributed by atoms with Gasteiger partial charge in [0.15, 0.2) is 0 Å². The molecular weight excluding hydrogens is 316 g/mol. The first kappa shape index (κ1) is 19.6. The molecule has 0 bridgehead atoms. The highest BCUT2D eigenvalue weighted by atomic mass is 32.2. The van der Waals surface area contributed by atoms with Gasteiger partial charge in [-0.2, -0.15) is 0 Å². The molecule has 1 aliphatic carbocycles. The molecule has 8 heteroatoms.